The standard InChI is InChI=1S/C21H21NO4S/c1-15-10-11-19(12-16(15)2)27(24,25)22-13-21(23)26-14-18-8-5-7-17-6-3-4-9-20(17)18/h3-12,22H,13-14H2,1-2H3. The first-order chi connectivity index (χ1) is 12.9. The van der Waals surface area contributed by atoms with Crippen LogP contribution in [0.15, 0.2) is 65.6 Å². The molecule has 0 atom stereocenters. The fourth-order valence-corrected chi connectivity index (χ4v) is 3.80. The third-order valence-corrected chi connectivity index (χ3v) is 5.86. The van der Waals surface area contributed by atoms with Crippen molar-refractivity contribution < 1.29 is 17.9 Å². The first-order valence-corrected chi connectivity index (χ1v) is 10.0. The summed E-state index contributed by atoms with van der Waals surface area (Å²) >= 11 is 0. The van der Waals surface area contributed by atoms with Crippen LogP contribution < -0.4 is 4.72 Å². The zero-order chi connectivity index (χ0) is 19.4. The second-order valence-corrected chi connectivity index (χ2v) is 8.14. The Balaban J connectivity index is 1.61. The fourth-order valence-electron chi connectivity index (χ4n) is 2.75. The van der Waals surface area contributed by atoms with Crippen LogP contribution in [0.4, 0.5) is 0 Å². The zero-order valence-electron chi connectivity index (χ0n) is 15.2. The molecule has 0 fully saturated rings. The molecule has 27 heavy (non-hydrogen) atoms. The van der Waals surface area contributed by atoms with Crippen molar-refractivity contribution in [2.75, 3.05) is 6.54 Å². The van der Waals surface area contributed by atoms with E-state index in [2.05, 4.69) is 4.72 Å². The predicted molar refractivity (Wildman–Crippen MR) is 105 cm³/mol. The van der Waals surface area contributed by atoms with E-state index in [4.69, 9.17) is 4.74 Å². The second-order valence-electron chi connectivity index (χ2n) is 6.37. The molecule has 0 amide bonds. The number of carbonyl (C=O) groups excluding carboxylic acids is 1. The Kier molecular flexibility index (Phi) is 5.58. The van der Waals surface area contributed by atoms with E-state index >= 15 is 0 Å². The molecule has 0 heterocycles. The minimum atomic E-state index is -3.76. The lowest BCUT2D eigenvalue weighted by Crippen LogP contribution is -2.30. The number of nitrogens with one attached hydrogen (secondary N) is 1. The van der Waals surface area contributed by atoms with E-state index in [1.807, 2.05) is 56.3 Å². The second kappa shape index (κ2) is 7.90. The van der Waals surface area contributed by atoms with E-state index in [1.165, 1.54) is 6.07 Å². The Hall–Kier alpha value is -2.70. The van der Waals surface area contributed by atoms with Gasteiger partial charge < -0.3 is 4.74 Å². The molecule has 3 aromatic rings. The summed E-state index contributed by atoms with van der Waals surface area (Å²) in [5.74, 6) is -0.629. The molecule has 0 aliphatic carbocycles. The van der Waals surface area contributed by atoms with E-state index in [0.717, 1.165) is 27.5 Å². The smallest absolute Gasteiger partial charge is 0.321 e. The van der Waals surface area contributed by atoms with Crippen LogP contribution in [0.5, 0.6) is 0 Å². The average molecular weight is 383 g/mol. The number of benzene rings is 3. The summed E-state index contributed by atoms with van der Waals surface area (Å²) in [5.41, 5.74) is 2.75. The molecule has 0 radical (unpaired) electrons. The molecule has 1 N–H and O–H groups in total. The van der Waals surface area contributed by atoms with Crippen molar-refractivity contribution in [2.45, 2.75) is 25.3 Å². The number of fused-ring (bicyclic) bond motifs is 1. The van der Waals surface area contributed by atoms with Gasteiger partial charge in [0.25, 0.3) is 0 Å². The number of ether oxygens (including phenoxy) is 1. The van der Waals surface area contributed by atoms with Gasteiger partial charge in [-0.1, -0.05) is 48.5 Å². The number of esters is 1. The van der Waals surface area contributed by atoms with Gasteiger partial charge in [0, 0.05) is 0 Å². The largest absolute Gasteiger partial charge is 0.460 e. The first kappa shape index (κ1) is 19.1. The number of hydrogen-bond acceptors (Lipinski definition) is 4. The minimum absolute atomic E-state index is 0.0888. The molecule has 3 aromatic carbocycles. The van der Waals surface area contributed by atoms with Crippen LogP contribution in [0.1, 0.15) is 16.7 Å². The molecule has 0 aliphatic heterocycles. The van der Waals surface area contributed by atoms with Crippen molar-refractivity contribution >= 4 is 26.8 Å². The van der Waals surface area contributed by atoms with E-state index in [0.29, 0.717) is 0 Å². The Morgan fingerprint density at radius 1 is 0.963 bits per heavy atom. The molecular weight excluding hydrogens is 362 g/mol. The van der Waals surface area contributed by atoms with Gasteiger partial charge in [0.05, 0.1) is 4.90 Å². The summed E-state index contributed by atoms with van der Waals surface area (Å²) in [6, 6.07) is 18.4. The summed E-state index contributed by atoms with van der Waals surface area (Å²) in [7, 11) is -3.76. The molecule has 140 valence electrons. The predicted octanol–water partition coefficient (Wildman–Crippen LogP) is 3.48. The maximum atomic E-state index is 12.3. The van der Waals surface area contributed by atoms with Crippen molar-refractivity contribution in [3.05, 3.63) is 77.4 Å². The number of sulfonamides is 1. The summed E-state index contributed by atoms with van der Waals surface area (Å²) < 4.78 is 32.2. The van der Waals surface area contributed by atoms with E-state index in [1.54, 1.807) is 12.1 Å². The molecule has 0 bridgehead atoms. The summed E-state index contributed by atoms with van der Waals surface area (Å²) in [6.45, 7) is 3.42. The maximum absolute atomic E-state index is 12.3. The van der Waals surface area contributed by atoms with Gasteiger partial charge in [0.15, 0.2) is 0 Å². The van der Waals surface area contributed by atoms with Crippen LogP contribution >= 0.6 is 0 Å². The third kappa shape index (κ3) is 4.53. The van der Waals surface area contributed by atoms with Crippen LogP contribution in [-0.2, 0) is 26.2 Å². The lowest BCUT2D eigenvalue weighted by Gasteiger charge is -2.10. The summed E-state index contributed by atoms with van der Waals surface area (Å²) in [5, 5.41) is 2.06. The average Bonchev–Trinajstić information content (AvgIpc) is 2.66. The summed E-state index contributed by atoms with van der Waals surface area (Å²) in [4.78, 5) is 12.1. The molecule has 5 nitrogen and oxygen atoms in total. The highest BCUT2D eigenvalue weighted by molar-refractivity contribution is 7.89. The molecule has 0 aliphatic rings. The molecule has 0 saturated heterocycles. The molecule has 0 aromatic heterocycles. The lowest BCUT2D eigenvalue weighted by molar-refractivity contribution is -0.143. The van der Waals surface area contributed by atoms with Gasteiger partial charge in [0.1, 0.15) is 13.2 Å². The normalized spacial score (nSPS) is 11.5. The molecule has 6 heteroatoms. The van der Waals surface area contributed by atoms with Crippen LogP contribution in [0.3, 0.4) is 0 Å². The van der Waals surface area contributed by atoms with Crippen molar-refractivity contribution in [1.29, 1.82) is 0 Å². The van der Waals surface area contributed by atoms with E-state index in [-0.39, 0.29) is 11.5 Å². The quantitative estimate of drug-likeness (QED) is 0.662. The van der Waals surface area contributed by atoms with Gasteiger partial charge in [-0.25, -0.2) is 8.42 Å². The Morgan fingerprint density at radius 3 is 2.48 bits per heavy atom. The highest BCUT2D eigenvalue weighted by Gasteiger charge is 2.17. The van der Waals surface area contributed by atoms with Crippen molar-refractivity contribution in [3.8, 4) is 0 Å². The van der Waals surface area contributed by atoms with Crippen molar-refractivity contribution in [2.24, 2.45) is 0 Å². The van der Waals surface area contributed by atoms with Gasteiger partial charge >= 0.3 is 5.97 Å². The molecule has 3 rings (SSSR count). The first-order valence-electron chi connectivity index (χ1n) is 8.56. The van der Waals surface area contributed by atoms with Gasteiger partial charge in [0.2, 0.25) is 10.0 Å². The summed E-state index contributed by atoms with van der Waals surface area (Å²) in [6.07, 6.45) is 0. The Bertz CT molecular complexity index is 1090. The SMILES string of the molecule is Cc1ccc(S(=O)(=O)NCC(=O)OCc2cccc3ccccc23)cc1C. The lowest BCUT2D eigenvalue weighted by atomic mass is 10.1. The van der Waals surface area contributed by atoms with Crippen LogP contribution in [0.2, 0.25) is 0 Å². The van der Waals surface area contributed by atoms with Crippen LogP contribution in [-0.4, -0.2) is 20.9 Å². The molecular formula is C21H21NO4S. The van der Waals surface area contributed by atoms with Crippen molar-refractivity contribution in [3.63, 3.8) is 0 Å². The minimum Gasteiger partial charge on any atom is -0.460 e. The monoisotopic (exact) mass is 383 g/mol. The van der Waals surface area contributed by atoms with Gasteiger partial charge in [-0.2, -0.15) is 4.72 Å². The fraction of sp³-hybridized carbons (Fsp3) is 0.190. The molecule has 0 unspecified atom stereocenters. The van der Waals surface area contributed by atoms with Crippen LogP contribution in [0.25, 0.3) is 10.8 Å². The Morgan fingerprint density at radius 2 is 1.70 bits per heavy atom. The van der Waals surface area contributed by atoms with Crippen LogP contribution in [0, 0.1) is 13.8 Å². The van der Waals surface area contributed by atoms with Gasteiger partial charge in [-0.05, 0) is 53.4 Å². The number of hydrogen-bond donors (Lipinski definition) is 1. The van der Waals surface area contributed by atoms with Crippen molar-refractivity contribution in [1.82, 2.24) is 4.72 Å². The topological polar surface area (TPSA) is 72.5 Å². The van der Waals surface area contributed by atoms with E-state index in [9.17, 15) is 13.2 Å². The molecule has 0 saturated carbocycles. The van der Waals surface area contributed by atoms with Gasteiger partial charge in [-0.15, -0.1) is 0 Å². The van der Waals surface area contributed by atoms with E-state index < -0.39 is 22.5 Å². The number of carbonyl (C=O) groups is 1. The number of aryl methyl sites for hydroxylation is 2. The maximum Gasteiger partial charge on any atom is 0.321 e. The third-order valence-electron chi connectivity index (χ3n) is 4.46. The zero-order valence-corrected chi connectivity index (χ0v) is 16.0. The highest BCUT2D eigenvalue weighted by atomic mass is 32.2. The number of rotatable bonds is 6. The molecule has 0 spiro atoms. The Labute approximate surface area is 159 Å². The van der Waals surface area contributed by atoms with Gasteiger partial charge in [-0.3, -0.25) is 4.79 Å². The highest BCUT2D eigenvalue weighted by Crippen LogP contribution is 2.19.